The molecule has 0 aromatic heterocycles. The minimum Gasteiger partial charge on any atom is -0.462 e. The molecule has 3 nitrogen and oxygen atoms in total. The molecule has 0 bridgehead atoms. The number of halogens is 1. The van der Waals surface area contributed by atoms with Gasteiger partial charge in [0.05, 0.1) is 6.61 Å². The topological polar surface area (TPSA) is 52.3 Å². The lowest BCUT2D eigenvalue weighted by atomic mass is 10.1. The van der Waals surface area contributed by atoms with Gasteiger partial charge in [0.1, 0.15) is 5.82 Å². The Balaban J connectivity index is 2.77. The monoisotopic (exact) mass is 223 g/mol. The summed E-state index contributed by atoms with van der Waals surface area (Å²) in [7, 11) is 0. The van der Waals surface area contributed by atoms with Crippen LogP contribution in [0.15, 0.2) is 30.3 Å². The van der Waals surface area contributed by atoms with Crippen LogP contribution in [-0.4, -0.2) is 12.6 Å². The highest BCUT2D eigenvalue weighted by atomic mass is 19.1. The maximum Gasteiger partial charge on any atom is 0.332 e. The number of nitrogens with two attached hydrogens (primary N) is 1. The standard InChI is InChI=1S/C12H14FNO2/c1-2-7-16-12(15)8-11(14)9-5-3-4-6-10(9)13/h3-6,8H,2,7,14H2,1H3/b11-8-. The van der Waals surface area contributed by atoms with E-state index in [1.807, 2.05) is 6.92 Å². The second-order valence-electron chi connectivity index (χ2n) is 3.25. The molecule has 0 aliphatic carbocycles. The number of benzene rings is 1. The molecule has 86 valence electrons. The number of ether oxygens (including phenoxy) is 1. The van der Waals surface area contributed by atoms with Gasteiger partial charge in [-0.2, -0.15) is 0 Å². The fraction of sp³-hybridized carbons (Fsp3) is 0.250. The number of hydrogen-bond donors (Lipinski definition) is 1. The van der Waals surface area contributed by atoms with E-state index < -0.39 is 11.8 Å². The molecule has 1 rings (SSSR count). The molecular weight excluding hydrogens is 209 g/mol. The first-order valence-corrected chi connectivity index (χ1v) is 5.04. The number of carbonyl (C=O) groups is 1. The van der Waals surface area contributed by atoms with E-state index in [9.17, 15) is 9.18 Å². The van der Waals surface area contributed by atoms with Crippen molar-refractivity contribution in [3.63, 3.8) is 0 Å². The van der Waals surface area contributed by atoms with Crippen molar-refractivity contribution >= 4 is 11.7 Å². The Hall–Kier alpha value is -1.84. The third-order valence-electron chi connectivity index (χ3n) is 1.91. The largest absolute Gasteiger partial charge is 0.462 e. The van der Waals surface area contributed by atoms with Gasteiger partial charge in [-0.05, 0) is 18.6 Å². The van der Waals surface area contributed by atoms with Crippen molar-refractivity contribution in [1.29, 1.82) is 0 Å². The fourth-order valence-electron chi connectivity index (χ4n) is 1.14. The molecule has 4 heteroatoms. The van der Waals surface area contributed by atoms with E-state index in [2.05, 4.69) is 0 Å². The SMILES string of the molecule is CCCOC(=O)/C=C(\N)c1ccccc1F. The van der Waals surface area contributed by atoms with E-state index >= 15 is 0 Å². The highest BCUT2D eigenvalue weighted by Crippen LogP contribution is 2.13. The lowest BCUT2D eigenvalue weighted by Crippen LogP contribution is -2.07. The smallest absolute Gasteiger partial charge is 0.332 e. The van der Waals surface area contributed by atoms with Crippen molar-refractivity contribution in [2.45, 2.75) is 13.3 Å². The van der Waals surface area contributed by atoms with Gasteiger partial charge >= 0.3 is 5.97 Å². The van der Waals surface area contributed by atoms with Crippen LogP contribution in [-0.2, 0) is 9.53 Å². The van der Waals surface area contributed by atoms with Crippen LogP contribution in [0.1, 0.15) is 18.9 Å². The quantitative estimate of drug-likeness (QED) is 0.628. The molecule has 2 N–H and O–H groups in total. The van der Waals surface area contributed by atoms with Gasteiger partial charge in [0.2, 0.25) is 0 Å². The van der Waals surface area contributed by atoms with Crippen LogP contribution in [0, 0.1) is 5.82 Å². The number of esters is 1. The van der Waals surface area contributed by atoms with E-state index in [1.165, 1.54) is 12.1 Å². The summed E-state index contributed by atoms with van der Waals surface area (Å²) >= 11 is 0. The van der Waals surface area contributed by atoms with Crippen LogP contribution in [0.3, 0.4) is 0 Å². The minimum atomic E-state index is -0.553. The molecule has 1 aromatic carbocycles. The minimum absolute atomic E-state index is 0.0687. The van der Waals surface area contributed by atoms with E-state index in [1.54, 1.807) is 12.1 Å². The predicted molar refractivity (Wildman–Crippen MR) is 59.8 cm³/mol. The van der Waals surface area contributed by atoms with Gasteiger partial charge in [0, 0.05) is 17.3 Å². The number of rotatable bonds is 4. The Morgan fingerprint density at radius 2 is 2.19 bits per heavy atom. The van der Waals surface area contributed by atoms with Gasteiger partial charge in [0.15, 0.2) is 0 Å². The summed E-state index contributed by atoms with van der Waals surface area (Å²) in [6, 6.07) is 6.00. The fourth-order valence-corrected chi connectivity index (χ4v) is 1.14. The van der Waals surface area contributed by atoms with Crippen molar-refractivity contribution in [3.8, 4) is 0 Å². The lowest BCUT2D eigenvalue weighted by molar-refractivity contribution is -0.137. The molecule has 0 fully saturated rings. The molecule has 1 aromatic rings. The first-order chi connectivity index (χ1) is 7.65. The van der Waals surface area contributed by atoms with Crippen molar-refractivity contribution in [3.05, 3.63) is 41.7 Å². The van der Waals surface area contributed by atoms with Crippen LogP contribution in [0.4, 0.5) is 4.39 Å². The van der Waals surface area contributed by atoms with E-state index in [0.717, 1.165) is 12.5 Å². The highest BCUT2D eigenvalue weighted by Gasteiger charge is 2.06. The second-order valence-corrected chi connectivity index (χ2v) is 3.25. The molecule has 0 amide bonds. The van der Waals surface area contributed by atoms with Crippen LogP contribution in [0.25, 0.3) is 5.70 Å². The normalized spacial score (nSPS) is 11.2. The molecule has 0 spiro atoms. The first kappa shape index (κ1) is 12.2. The first-order valence-electron chi connectivity index (χ1n) is 5.04. The molecule has 16 heavy (non-hydrogen) atoms. The van der Waals surface area contributed by atoms with Gasteiger partial charge in [-0.15, -0.1) is 0 Å². The van der Waals surface area contributed by atoms with Crippen LogP contribution in [0.5, 0.6) is 0 Å². The Morgan fingerprint density at radius 3 is 2.81 bits per heavy atom. The molecule has 0 heterocycles. The summed E-state index contributed by atoms with van der Waals surface area (Å²) in [6.07, 6.45) is 1.83. The van der Waals surface area contributed by atoms with Crippen LogP contribution >= 0.6 is 0 Å². The maximum atomic E-state index is 13.3. The summed E-state index contributed by atoms with van der Waals surface area (Å²) in [5.74, 6) is -1.01. The Bertz CT molecular complexity index is 402. The molecule has 0 aliphatic heterocycles. The molecule has 0 saturated carbocycles. The van der Waals surface area contributed by atoms with Crippen LogP contribution in [0.2, 0.25) is 0 Å². The molecule has 0 unspecified atom stereocenters. The molecule has 0 saturated heterocycles. The van der Waals surface area contributed by atoms with Crippen molar-refractivity contribution in [2.75, 3.05) is 6.61 Å². The summed E-state index contributed by atoms with van der Waals surface area (Å²) in [5, 5.41) is 0. The predicted octanol–water partition coefficient (Wildman–Crippen LogP) is 2.08. The van der Waals surface area contributed by atoms with Gasteiger partial charge in [0.25, 0.3) is 0 Å². The zero-order valence-electron chi connectivity index (χ0n) is 9.07. The molecule has 0 radical (unpaired) electrons. The van der Waals surface area contributed by atoms with Gasteiger partial charge < -0.3 is 10.5 Å². The average Bonchev–Trinajstić information content (AvgIpc) is 2.26. The van der Waals surface area contributed by atoms with Gasteiger partial charge in [-0.1, -0.05) is 19.1 Å². The summed E-state index contributed by atoms with van der Waals surface area (Å²) in [6.45, 7) is 2.22. The maximum absolute atomic E-state index is 13.3. The second kappa shape index (κ2) is 5.90. The Kier molecular flexibility index (Phi) is 4.51. The molecule has 0 aliphatic rings. The van der Waals surface area contributed by atoms with E-state index in [0.29, 0.717) is 6.61 Å². The van der Waals surface area contributed by atoms with Crippen molar-refractivity contribution < 1.29 is 13.9 Å². The average molecular weight is 223 g/mol. The third kappa shape index (κ3) is 3.38. The summed E-state index contributed by atoms with van der Waals surface area (Å²) < 4.78 is 18.1. The lowest BCUT2D eigenvalue weighted by Gasteiger charge is -2.03. The van der Waals surface area contributed by atoms with Crippen molar-refractivity contribution in [1.82, 2.24) is 0 Å². The van der Waals surface area contributed by atoms with Crippen molar-refractivity contribution in [2.24, 2.45) is 5.73 Å². The zero-order chi connectivity index (χ0) is 12.0. The third-order valence-corrected chi connectivity index (χ3v) is 1.91. The van der Waals surface area contributed by atoms with E-state index in [-0.39, 0.29) is 11.3 Å². The van der Waals surface area contributed by atoms with Gasteiger partial charge in [-0.25, -0.2) is 9.18 Å². The zero-order valence-corrected chi connectivity index (χ0v) is 9.07. The Labute approximate surface area is 93.7 Å². The Morgan fingerprint density at radius 1 is 1.50 bits per heavy atom. The van der Waals surface area contributed by atoms with Crippen LogP contribution < -0.4 is 5.73 Å². The number of carbonyl (C=O) groups excluding carboxylic acids is 1. The van der Waals surface area contributed by atoms with Gasteiger partial charge in [-0.3, -0.25) is 0 Å². The van der Waals surface area contributed by atoms with E-state index in [4.69, 9.17) is 10.5 Å². The number of hydrogen-bond acceptors (Lipinski definition) is 3. The molecule has 0 atom stereocenters. The summed E-state index contributed by atoms with van der Waals surface area (Å²) in [4.78, 5) is 11.2. The highest BCUT2D eigenvalue weighted by molar-refractivity contribution is 5.90. The molecular formula is C12H14FNO2. The summed E-state index contributed by atoms with van der Waals surface area (Å²) in [5.41, 5.74) is 5.86.